The molecule has 1 saturated carbocycles. The van der Waals surface area contributed by atoms with Gasteiger partial charge in [0, 0.05) is 0 Å². The summed E-state index contributed by atoms with van der Waals surface area (Å²) in [6, 6.07) is 41.4. The van der Waals surface area contributed by atoms with E-state index in [1.165, 1.54) is 91.8 Å². The van der Waals surface area contributed by atoms with Gasteiger partial charge in [0.1, 0.15) is 0 Å². The third kappa shape index (κ3) is 11.6. The molecule has 6 heteroatoms. The van der Waals surface area contributed by atoms with Crippen LogP contribution >= 0.6 is 0 Å². The molecule has 1 fully saturated rings. The van der Waals surface area contributed by atoms with Crippen molar-refractivity contribution in [2.45, 2.75) is 97.3 Å². The van der Waals surface area contributed by atoms with Gasteiger partial charge in [0.25, 0.3) is 0 Å². The summed E-state index contributed by atoms with van der Waals surface area (Å²) in [5, 5.41) is 8.61. The van der Waals surface area contributed by atoms with Gasteiger partial charge < -0.3 is 24.8 Å². The van der Waals surface area contributed by atoms with Crippen molar-refractivity contribution in [1.29, 1.82) is 0 Å². The summed E-state index contributed by atoms with van der Waals surface area (Å²) in [7, 11) is -2.44. The molecule has 51 heavy (non-hydrogen) atoms. The molecule has 1 aliphatic carbocycles. The Kier molecular flexibility index (Phi) is 16.2. The molecule has 0 bridgehead atoms. The van der Waals surface area contributed by atoms with Gasteiger partial charge in [0.2, 0.25) is 0 Å². The number of rotatable bonds is 5. The Balaban J connectivity index is 0.000000245. The van der Waals surface area contributed by atoms with E-state index in [4.69, 9.17) is 0 Å². The van der Waals surface area contributed by atoms with Crippen molar-refractivity contribution in [3.8, 4) is 22.3 Å². The first kappa shape index (κ1) is 43.6. The molecule has 0 amide bonds. The van der Waals surface area contributed by atoms with Crippen molar-refractivity contribution in [3.05, 3.63) is 120 Å². The van der Waals surface area contributed by atoms with Crippen LogP contribution in [0.15, 0.2) is 109 Å². The fourth-order valence-corrected chi connectivity index (χ4v) is 9.45. The van der Waals surface area contributed by atoms with Gasteiger partial charge in [-0.2, -0.15) is 12.1 Å². The minimum Gasteiger partial charge on any atom is -1.00 e. The summed E-state index contributed by atoms with van der Waals surface area (Å²) in [5.41, 5.74) is 8.53. The van der Waals surface area contributed by atoms with E-state index < -0.39 is 16.1 Å². The van der Waals surface area contributed by atoms with Crippen LogP contribution in [0, 0.1) is 6.92 Å². The van der Waals surface area contributed by atoms with Crippen LogP contribution in [-0.2, 0) is 23.3 Å². The summed E-state index contributed by atoms with van der Waals surface area (Å²) in [6.45, 7) is 21.2. The van der Waals surface area contributed by atoms with Crippen molar-refractivity contribution >= 4 is 53.5 Å². The van der Waals surface area contributed by atoms with Gasteiger partial charge in [-0.05, 0) is 29.9 Å². The van der Waals surface area contributed by atoms with Gasteiger partial charge in [-0.25, -0.2) is 0 Å². The van der Waals surface area contributed by atoms with Crippen LogP contribution in [0.25, 0.3) is 43.8 Å². The maximum absolute atomic E-state index is 2.48. The topological polar surface area (TPSA) is 0 Å². The first-order chi connectivity index (χ1) is 23.2. The number of hydrogen-bond donors (Lipinski definition) is 0. The molecule has 0 saturated heterocycles. The smallest absolute Gasteiger partial charge is 0.0775 e. The summed E-state index contributed by atoms with van der Waals surface area (Å²) in [5.74, 6) is 0.781. The van der Waals surface area contributed by atoms with Gasteiger partial charge >= 0.3 is 41.9 Å². The van der Waals surface area contributed by atoms with Crippen molar-refractivity contribution in [1.82, 2.24) is 0 Å². The van der Waals surface area contributed by atoms with Crippen molar-refractivity contribution < 1.29 is 48.1 Å². The zero-order valence-electron chi connectivity index (χ0n) is 32.3. The molecular weight excluding hydrogens is 787 g/mol. The average Bonchev–Trinajstić information content (AvgIpc) is 3.68. The average molecular weight is 843 g/mol. The van der Waals surface area contributed by atoms with Crippen LogP contribution < -0.4 is 35.2 Å². The van der Waals surface area contributed by atoms with Gasteiger partial charge in [0.15, 0.2) is 0 Å². The zero-order chi connectivity index (χ0) is 35.3. The number of benzene rings is 4. The second-order valence-corrected chi connectivity index (χ2v) is 36.0. The molecule has 0 nitrogen and oxygen atoms in total. The monoisotopic (exact) mass is 840 g/mol. The van der Waals surface area contributed by atoms with E-state index in [2.05, 4.69) is 168 Å². The normalized spacial score (nSPS) is 13.3. The van der Waals surface area contributed by atoms with E-state index in [9.17, 15) is 0 Å². The summed E-state index contributed by atoms with van der Waals surface area (Å²) < 4.78 is 0. The summed E-state index contributed by atoms with van der Waals surface area (Å²) in [4.78, 5) is 0. The van der Waals surface area contributed by atoms with Gasteiger partial charge in [0.05, 0.1) is 16.1 Å². The van der Waals surface area contributed by atoms with E-state index in [0.717, 1.165) is 5.92 Å². The van der Waals surface area contributed by atoms with Crippen LogP contribution in [0.5, 0.6) is 0 Å². The number of fused-ring (bicyclic) bond motifs is 2. The number of hydrogen-bond acceptors (Lipinski definition) is 0. The molecule has 0 unspecified atom stereocenters. The standard InChI is InChI=1S/C24H29Si.C19H21Si.C2H6Si.2ClH.Zr/c1-25(2,3)22-14-12-19(13-15-22)23-11-7-10-20-16-21(17-24(20)23)18-8-5-4-6-9-18;1-14-12-16-6-5-7-18(19(16)13-14)15-8-10-17(11-9-15)20(2,3)4;1-3-2;;;/h7,10-18H,4-6,8-9H2,1-3H3;5-13H,1-4H3;1-2H3;2*1H;/q2*-1;;;;+2/p-2. The molecule has 6 aromatic carbocycles. The third-order valence-corrected chi connectivity index (χ3v) is 14.0. The van der Waals surface area contributed by atoms with Crippen molar-refractivity contribution in [3.63, 3.8) is 0 Å². The van der Waals surface area contributed by atoms with Crippen LogP contribution in [0.4, 0.5) is 0 Å². The van der Waals surface area contributed by atoms with Crippen LogP contribution in [-0.4, -0.2) is 21.6 Å². The molecular formula is C45H56Cl2Si3Zr-2. The first-order valence-corrected chi connectivity index (χ1v) is 31.5. The largest absolute Gasteiger partial charge is 1.00 e. The molecule has 0 spiro atoms. The maximum Gasteiger partial charge on any atom is 0.0775 e. The van der Waals surface area contributed by atoms with Gasteiger partial charge in [-0.15, -0.1) is 69.1 Å². The minimum atomic E-state index is -1.23. The fourth-order valence-electron chi connectivity index (χ4n) is 7.12. The second-order valence-electron chi connectivity index (χ2n) is 16.4. The zero-order valence-corrected chi connectivity index (χ0v) is 39.2. The van der Waals surface area contributed by atoms with E-state index in [1.807, 2.05) is 0 Å². The van der Waals surface area contributed by atoms with Crippen molar-refractivity contribution in [2.24, 2.45) is 0 Å². The Morgan fingerprint density at radius 3 is 1.43 bits per heavy atom. The summed E-state index contributed by atoms with van der Waals surface area (Å²) >= 11 is 1.74. The number of aryl methyl sites for hydroxylation is 1. The van der Waals surface area contributed by atoms with E-state index in [-0.39, 0.29) is 30.2 Å². The Morgan fingerprint density at radius 2 is 1.00 bits per heavy atom. The Hall–Kier alpha value is -1.79. The third-order valence-electron chi connectivity index (χ3n) is 9.87. The van der Waals surface area contributed by atoms with Crippen molar-refractivity contribution in [2.75, 3.05) is 0 Å². The van der Waals surface area contributed by atoms with E-state index >= 15 is 0 Å². The molecule has 268 valence electrons. The SMILES string of the molecule is C[Si](C)(C)c1ccc(-c2cccc3[cH-]c(C4CCCCC4)cc23)cc1.C[Si](C)=[Zr+2].Cc1cc2c(-c3ccc([Si](C)(C)C)cc3)cccc2[cH-]1.[Cl-].[Cl-]. The first-order valence-electron chi connectivity index (χ1n) is 18.3. The predicted molar refractivity (Wildman–Crippen MR) is 224 cm³/mol. The maximum atomic E-state index is 2.48. The minimum absolute atomic E-state index is 0. The molecule has 0 N–H and O–H groups in total. The van der Waals surface area contributed by atoms with Crippen LogP contribution in [0.1, 0.15) is 49.1 Å². The van der Waals surface area contributed by atoms with Crippen LogP contribution in [0.2, 0.25) is 52.4 Å². The molecule has 7 rings (SSSR count). The molecule has 6 aromatic rings. The quantitative estimate of drug-likeness (QED) is 0.134. The summed E-state index contributed by atoms with van der Waals surface area (Å²) in [6.07, 6.45) is 6.97. The Labute approximate surface area is 338 Å². The van der Waals surface area contributed by atoms with Crippen LogP contribution in [0.3, 0.4) is 0 Å². The molecule has 1 aliphatic rings. The molecule has 0 atom stereocenters. The predicted octanol–water partition coefficient (Wildman–Crippen LogP) is 6.69. The van der Waals surface area contributed by atoms with Gasteiger partial charge in [-0.3, -0.25) is 0 Å². The Morgan fingerprint density at radius 1 is 0.588 bits per heavy atom. The fraction of sp³-hybridized carbons (Fsp3) is 0.333. The van der Waals surface area contributed by atoms with Gasteiger partial charge in [-0.1, -0.05) is 148 Å². The second kappa shape index (κ2) is 19.0. The molecule has 0 aromatic heterocycles. The molecule has 0 aliphatic heterocycles. The van der Waals surface area contributed by atoms with E-state index in [1.54, 1.807) is 28.9 Å². The number of halogens is 2. The van der Waals surface area contributed by atoms with E-state index in [0.29, 0.717) is 0 Å². The Bertz CT molecular complexity index is 2000. The molecule has 0 radical (unpaired) electrons. The molecule has 0 heterocycles.